The van der Waals surface area contributed by atoms with E-state index in [0.29, 0.717) is 32.7 Å². The fraction of sp³-hybridized carbons (Fsp3) is 0.500. The number of nitrogens with zero attached hydrogens (tertiary/aromatic N) is 2. The predicted octanol–water partition coefficient (Wildman–Crippen LogP) is 4.30. The SMILES string of the molecule is COc1ccc(C2(C(=O)N3CCN(CC(=O)Nc4c(C)cccc4C)CC3)CCCCC2)cc1. The Morgan fingerprint density at radius 2 is 1.53 bits per heavy atom. The highest BCUT2D eigenvalue weighted by Gasteiger charge is 2.44. The van der Waals surface area contributed by atoms with Crippen molar-refractivity contribution in [3.8, 4) is 5.75 Å². The van der Waals surface area contributed by atoms with E-state index in [1.165, 1.54) is 6.42 Å². The summed E-state index contributed by atoms with van der Waals surface area (Å²) in [4.78, 5) is 30.7. The summed E-state index contributed by atoms with van der Waals surface area (Å²) in [6.07, 6.45) is 5.15. The number of nitrogens with one attached hydrogen (secondary N) is 1. The maximum absolute atomic E-state index is 13.9. The lowest BCUT2D eigenvalue weighted by molar-refractivity contribution is -0.140. The second-order valence-corrected chi connectivity index (χ2v) is 9.75. The standard InChI is InChI=1S/C28H37N3O3/c1-21-8-7-9-22(2)26(21)29-25(32)20-30-16-18-31(19-17-30)27(33)28(14-5-4-6-15-28)23-10-12-24(34-3)13-11-23/h7-13H,4-6,14-20H2,1-3H3,(H,29,32). The zero-order valence-corrected chi connectivity index (χ0v) is 20.7. The maximum Gasteiger partial charge on any atom is 0.238 e. The van der Waals surface area contributed by atoms with E-state index in [9.17, 15) is 9.59 Å². The first-order chi connectivity index (χ1) is 16.4. The van der Waals surface area contributed by atoms with Gasteiger partial charge in [-0.15, -0.1) is 0 Å². The quantitative estimate of drug-likeness (QED) is 0.694. The van der Waals surface area contributed by atoms with Gasteiger partial charge in [0.2, 0.25) is 11.8 Å². The molecule has 0 unspecified atom stereocenters. The number of benzene rings is 2. The van der Waals surface area contributed by atoms with Gasteiger partial charge in [0.25, 0.3) is 0 Å². The molecule has 1 aliphatic carbocycles. The van der Waals surface area contributed by atoms with Crippen molar-refractivity contribution in [1.82, 2.24) is 9.80 Å². The molecule has 6 heteroatoms. The molecular formula is C28H37N3O3. The highest BCUT2D eigenvalue weighted by molar-refractivity contribution is 5.94. The number of carbonyl (C=O) groups is 2. The highest BCUT2D eigenvalue weighted by Crippen LogP contribution is 2.41. The number of piperazine rings is 1. The third-order valence-corrected chi connectivity index (χ3v) is 7.53. The van der Waals surface area contributed by atoms with Crippen LogP contribution in [0.2, 0.25) is 0 Å². The lowest BCUT2D eigenvalue weighted by atomic mass is 9.68. The van der Waals surface area contributed by atoms with E-state index >= 15 is 0 Å². The van der Waals surface area contributed by atoms with Crippen molar-refractivity contribution in [2.75, 3.05) is 45.2 Å². The number of carbonyl (C=O) groups excluding carboxylic acids is 2. The summed E-state index contributed by atoms with van der Waals surface area (Å²) in [5, 5.41) is 3.08. The van der Waals surface area contributed by atoms with Crippen molar-refractivity contribution in [2.45, 2.75) is 51.4 Å². The lowest BCUT2D eigenvalue weighted by Gasteiger charge is -2.43. The number of para-hydroxylation sites is 1. The Bertz CT molecular complexity index is 984. The average Bonchev–Trinajstić information content (AvgIpc) is 2.87. The van der Waals surface area contributed by atoms with Gasteiger partial charge in [0.05, 0.1) is 19.1 Å². The van der Waals surface area contributed by atoms with Gasteiger partial charge < -0.3 is 15.0 Å². The van der Waals surface area contributed by atoms with Gasteiger partial charge in [-0.25, -0.2) is 0 Å². The number of aryl methyl sites for hydroxylation is 2. The molecule has 1 heterocycles. The van der Waals surface area contributed by atoms with Crippen molar-refractivity contribution in [2.24, 2.45) is 0 Å². The third kappa shape index (κ3) is 5.12. The van der Waals surface area contributed by atoms with Crippen LogP contribution in [0.3, 0.4) is 0 Å². The fourth-order valence-electron chi connectivity index (χ4n) is 5.50. The number of rotatable bonds is 6. The van der Waals surface area contributed by atoms with E-state index in [4.69, 9.17) is 4.74 Å². The number of methoxy groups -OCH3 is 1. The van der Waals surface area contributed by atoms with Crippen molar-refractivity contribution in [1.29, 1.82) is 0 Å². The molecule has 2 amide bonds. The van der Waals surface area contributed by atoms with Crippen molar-refractivity contribution >= 4 is 17.5 Å². The molecule has 0 radical (unpaired) electrons. The summed E-state index contributed by atoms with van der Waals surface area (Å²) in [5.74, 6) is 1.06. The van der Waals surface area contributed by atoms with Crippen LogP contribution in [0.25, 0.3) is 0 Å². The van der Waals surface area contributed by atoms with Gasteiger partial charge >= 0.3 is 0 Å². The Balaban J connectivity index is 1.38. The summed E-state index contributed by atoms with van der Waals surface area (Å²) in [7, 11) is 1.67. The molecular weight excluding hydrogens is 426 g/mol. The molecule has 1 saturated carbocycles. The van der Waals surface area contributed by atoms with Crippen LogP contribution < -0.4 is 10.1 Å². The highest BCUT2D eigenvalue weighted by atomic mass is 16.5. The minimum atomic E-state index is -0.438. The van der Waals surface area contributed by atoms with Crippen molar-refractivity contribution in [3.05, 3.63) is 59.2 Å². The number of anilines is 1. The molecule has 182 valence electrons. The average molecular weight is 464 g/mol. The van der Waals surface area contributed by atoms with Crippen LogP contribution in [0.15, 0.2) is 42.5 Å². The Kier molecular flexibility index (Phi) is 7.57. The number of hydrogen-bond donors (Lipinski definition) is 1. The molecule has 2 aromatic rings. The molecule has 0 aromatic heterocycles. The van der Waals surface area contributed by atoms with Gasteiger partial charge in [-0.05, 0) is 55.5 Å². The molecule has 4 rings (SSSR count). The Labute approximate surface area is 203 Å². The molecule has 34 heavy (non-hydrogen) atoms. The summed E-state index contributed by atoms with van der Waals surface area (Å²) < 4.78 is 5.33. The largest absolute Gasteiger partial charge is 0.497 e. The van der Waals surface area contributed by atoms with Crippen LogP contribution in [0, 0.1) is 13.8 Å². The van der Waals surface area contributed by atoms with Gasteiger partial charge in [-0.2, -0.15) is 0 Å². The summed E-state index contributed by atoms with van der Waals surface area (Å²) in [6.45, 7) is 7.11. The number of ether oxygens (including phenoxy) is 1. The molecule has 0 spiro atoms. The van der Waals surface area contributed by atoms with E-state index < -0.39 is 5.41 Å². The molecule has 0 bridgehead atoms. The molecule has 1 aliphatic heterocycles. The second kappa shape index (κ2) is 10.6. The number of amides is 2. The van der Waals surface area contributed by atoms with E-state index in [0.717, 1.165) is 53.8 Å². The van der Waals surface area contributed by atoms with Gasteiger partial charge in [0.15, 0.2) is 0 Å². The molecule has 6 nitrogen and oxygen atoms in total. The van der Waals surface area contributed by atoms with Crippen molar-refractivity contribution in [3.63, 3.8) is 0 Å². The molecule has 1 N–H and O–H groups in total. The summed E-state index contributed by atoms with van der Waals surface area (Å²) in [6, 6.07) is 14.1. The topological polar surface area (TPSA) is 61.9 Å². The van der Waals surface area contributed by atoms with Crippen LogP contribution in [0.4, 0.5) is 5.69 Å². The second-order valence-electron chi connectivity index (χ2n) is 9.75. The molecule has 2 aliphatic rings. The fourth-order valence-corrected chi connectivity index (χ4v) is 5.50. The van der Waals surface area contributed by atoms with Crippen LogP contribution in [-0.4, -0.2) is 61.4 Å². The third-order valence-electron chi connectivity index (χ3n) is 7.53. The first kappa shape index (κ1) is 24.3. The number of hydrogen-bond acceptors (Lipinski definition) is 4. The minimum absolute atomic E-state index is 0.000778. The molecule has 2 aromatic carbocycles. The van der Waals surface area contributed by atoms with Gasteiger partial charge in [0, 0.05) is 31.9 Å². The summed E-state index contributed by atoms with van der Waals surface area (Å²) >= 11 is 0. The molecule has 2 fully saturated rings. The Morgan fingerprint density at radius 3 is 2.12 bits per heavy atom. The smallest absolute Gasteiger partial charge is 0.238 e. The lowest BCUT2D eigenvalue weighted by Crippen LogP contribution is -2.55. The normalized spacial score (nSPS) is 18.4. The first-order valence-electron chi connectivity index (χ1n) is 12.5. The van der Waals surface area contributed by atoms with E-state index in [1.54, 1.807) is 7.11 Å². The zero-order chi connectivity index (χ0) is 24.1. The van der Waals surface area contributed by atoms with Gasteiger partial charge in [0.1, 0.15) is 5.75 Å². The zero-order valence-electron chi connectivity index (χ0n) is 20.7. The van der Waals surface area contributed by atoms with Gasteiger partial charge in [-0.1, -0.05) is 49.6 Å². The van der Waals surface area contributed by atoms with E-state index in [2.05, 4.69) is 22.3 Å². The van der Waals surface area contributed by atoms with Crippen LogP contribution >= 0.6 is 0 Å². The molecule has 1 saturated heterocycles. The first-order valence-corrected chi connectivity index (χ1v) is 12.5. The Morgan fingerprint density at radius 1 is 0.912 bits per heavy atom. The maximum atomic E-state index is 13.9. The van der Waals surface area contributed by atoms with Crippen LogP contribution in [-0.2, 0) is 15.0 Å². The van der Waals surface area contributed by atoms with Gasteiger partial charge in [-0.3, -0.25) is 14.5 Å². The van der Waals surface area contributed by atoms with Crippen molar-refractivity contribution < 1.29 is 14.3 Å². The Hall–Kier alpha value is -2.86. The molecule has 0 atom stereocenters. The van der Waals surface area contributed by atoms with E-state index in [1.807, 2.05) is 49.1 Å². The van der Waals surface area contributed by atoms with Crippen LogP contribution in [0.1, 0.15) is 48.8 Å². The monoisotopic (exact) mass is 463 g/mol. The predicted molar refractivity (Wildman–Crippen MR) is 135 cm³/mol. The van der Waals surface area contributed by atoms with Crippen LogP contribution in [0.5, 0.6) is 5.75 Å². The summed E-state index contributed by atoms with van der Waals surface area (Å²) in [5.41, 5.74) is 3.71. The minimum Gasteiger partial charge on any atom is -0.497 e. The van der Waals surface area contributed by atoms with E-state index in [-0.39, 0.29) is 11.8 Å².